The third kappa shape index (κ3) is 3.52. The number of alkyl halides is 1. The van der Waals surface area contributed by atoms with E-state index in [0.717, 1.165) is 10.0 Å². The summed E-state index contributed by atoms with van der Waals surface area (Å²) in [6.45, 7) is 1.90. The molecule has 120 valence electrons. The topological polar surface area (TPSA) is 85.3 Å². The lowest BCUT2D eigenvalue weighted by molar-refractivity contribution is -0.139. The van der Waals surface area contributed by atoms with Crippen molar-refractivity contribution in [2.24, 2.45) is 5.73 Å². The number of hydrogen-bond acceptors (Lipinski definition) is 5. The van der Waals surface area contributed by atoms with Crippen LogP contribution in [0.3, 0.4) is 0 Å². The van der Waals surface area contributed by atoms with Crippen LogP contribution in [-0.2, 0) is 14.3 Å². The van der Waals surface area contributed by atoms with Crippen LogP contribution in [0.2, 0.25) is 0 Å². The summed E-state index contributed by atoms with van der Waals surface area (Å²) in [4.78, 5) is 12.4. The van der Waals surface area contributed by atoms with Crippen molar-refractivity contribution in [3.8, 4) is 6.07 Å². The predicted molar refractivity (Wildman–Crippen MR) is 89.2 cm³/mol. The molecule has 23 heavy (non-hydrogen) atoms. The third-order valence-electron chi connectivity index (χ3n) is 3.32. The van der Waals surface area contributed by atoms with Gasteiger partial charge in [-0.3, -0.25) is 0 Å². The Hall–Kier alpha value is -1.97. The Balaban J connectivity index is 2.63. The van der Waals surface area contributed by atoms with Crippen LogP contribution < -0.4 is 5.73 Å². The normalized spacial score (nSPS) is 17.6. The molecule has 5 nitrogen and oxygen atoms in total. The van der Waals surface area contributed by atoms with E-state index in [1.54, 1.807) is 19.1 Å². The van der Waals surface area contributed by atoms with Gasteiger partial charge in [-0.1, -0.05) is 28.1 Å². The Labute approximate surface area is 147 Å². The minimum atomic E-state index is -0.672. The molecule has 2 rings (SSSR count). The SMILES string of the molecule is CCOC(=O)C1=C(CCl)OC(N)=C(C#N)[C@H]1c1ccc(Br)cc1. The fourth-order valence-electron chi connectivity index (χ4n) is 2.34. The standard InChI is InChI=1S/C16H14BrClN2O3/c1-2-22-16(21)14-12(7-18)23-15(20)11(8-19)13(14)9-3-5-10(17)6-4-9/h3-6,13H,2,7,20H2,1H3/t13-/m1/s1. The monoisotopic (exact) mass is 396 g/mol. The van der Waals surface area contributed by atoms with Crippen molar-refractivity contribution in [1.82, 2.24) is 0 Å². The van der Waals surface area contributed by atoms with Gasteiger partial charge in [0, 0.05) is 4.47 Å². The van der Waals surface area contributed by atoms with Crippen LogP contribution in [0.15, 0.2) is 51.5 Å². The average molecular weight is 398 g/mol. The summed E-state index contributed by atoms with van der Waals surface area (Å²) in [6.07, 6.45) is 0. The summed E-state index contributed by atoms with van der Waals surface area (Å²) in [5, 5.41) is 9.45. The van der Waals surface area contributed by atoms with Crippen LogP contribution in [-0.4, -0.2) is 18.5 Å². The van der Waals surface area contributed by atoms with Gasteiger partial charge in [0.1, 0.15) is 17.4 Å². The zero-order valence-corrected chi connectivity index (χ0v) is 14.6. The maximum absolute atomic E-state index is 12.4. The average Bonchev–Trinajstić information content (AvgIpc) is 2.54. The minimum absolute atomic E-state index is 0.0517. The second kappa shape index (κ2) is 7.53. The lowest BCUT2D eigenvalue weighted by Gasteiger charge is -2.27. The fraction of sp³-hybridized carbons (Fsp3) is 0.250. The maximum atomic E-state index is 12.4. The summed E-state index contributed by atoms with van der Waals surface area (Å²) in [7, 11) is 0. The van der Waals surface area contributed by atoms with Gasteiger partial charge in [-0.25, -0.2) is 4.79 Å². The van der Waals surface area contributed by atoms with E-state index in [0.29, 0.717) is 0 Å². The van der Waals surface area contributed by atoms with Gasteiger partial charge in [0.05, 0.1) is 24.0 Å². The van der Waals surface area contributed by atoms with E-state index in [2.05, 4.69) is 15.9 Å². The summed E-state index contributed by atoms with van der Waals surface area (Å²) in [5.74, 6) is -1.15. The van der Waals surface area contributed by atoms with Crippen LogP contribution in [0.25, 0.3) is 0 Å². The van der Waals surface area contributed by atoms with Gasteiger partial charge in [0.15, 0.2) is 0 Å². The number of halogens is 2. The fourth-order valence-corrected chi connectivity index (χ4v) is 2.80. The summed E-state index contributed by atoms with van der Waals surface area (Å²) in [6, 6.07) is 9.26. The van der Waals surface area contributed by atoms with Crippen molar-refractivity contribution < 1.29 is 14.3 Å². The third-order valence-corrected chi connectivity index (χ3v) is 4.09. The Kier molecular flexibility index (Phi) is 5.69. The molecule has 1 atom stereocenters. The minimum Gasteiger partial charge on any atom is -0.463 e. The molecule has 7 heteroatoms. The van der Waals surface area contributed by atoms with E-state index in [4.69, 9.17) is 26.8 Å². The number of hydrogen-bond donors (Lipinski definition) is 1. The van der Waals surface area contributed by atoms with Crippen molar-refractivity contribution in [1.29, 1.82) is 5.26 Å². The summed E-state index contributed by atoms with van der Waals surface area (Å²) >= 11 is 9.25. The van der Waals surface area contributed by atoms with Gasteiger partial charge in [0.25, 0.3) is 0 Å². The lowest BCUT2D eigenvalue weighted by Crippen LogP contribution is -2.26. The first-order valence-corrected chi connectivity index (χ1v) is 8.15. The molecule has 1 heterocycles. The number of ether oxygens (including phenoxy) is 2. The molecule has 1 aromatic carbocycles. The largest absolute Gasteiger partial charge is 0.463 e. The Morgan fingerprint density at radius 3 is 2.65 bits per heavy atom. The first kappa shape index (κ1) is 17.4. The molecule has 0 radical (unpaired) electrons. The number of carbonyl (C=O) groups is 1. The van der Waals surface area contributed by atoms with Crippen molar-refractivity contribution in [3.63, 3.8) is 0 Å². The zero-order valence-electron chi connectivity index (χ0n) is 12.3. The summed E-state index contributed by atoms with van der Waals surface area (Å²) in [5.41, 5.74) is 6.91. The molecule has 0 bridgehead atoms. The van der Waals surface area contributed by atoms with Crippen LogP contribution in [0.5, 0.6) is 0 Å². The number of allylic oxidation sites excluding steroid dienone is 2. The van der Waals surface area contributed by atoms with Gasteiger partial charge in [0.2, 0.25) is 5.88 Å². The van der Waals surface area contributed by atoms with E-state index < -0.39 is 11.9 Å². The first-order chi connectivity index (χ1) is 11.0. The molecule has 0 saturated carbocycles. The number of rotatable bonds is 4. The van der Waals surface area contributed by atoms with Crippen LogP contribution in [0.1, 0.15) is 18.4 Å². The number of benzene rings is 1. The molecule has 0 saturated heterocycles. The zero-order chi connectivity index (χ0) is 17.0. The van der Waals surface area contributed by atoms with Gasteiger partial charge < -0.3 is 15.2 Å². The Bertz CT molecular complexity index is 720. The molecular formula is C16H14BrClN2O3. The molecule has 0 fully saturated rings. The predicted octanol–water partition coefficient (Wildman–Crippen LogP) is 3.31. The van der Waals surface area contributed by atoms with Gasteiger partial charge in [-0.15, -0.1) is 11.6 Å². The molecular weight excluding hydrogens is 384 g/mol. The van der Waals surface area contributed by atoms with Gasteiger partial charge in [-0.2, -0.15) is 5.26 Å². The second-order valence-electron chi connectivity index (χ2n) is 4.67. The van der Waals surface area contributed by atoms with E-state index in [-0.39, 0.29) is 35.3 Å². The van der Waals surface area contributed by atoms with E-state index >= 15 is 0 Å². The van der Waals surface area contributed by atoms with Crippen LogP contribution in [0.4, 0.5) is 0 Å². The molecule has 1 aliphatic rings. The molecule has 1 aliphatic heterocycles. The van der Waals surface area contributed by atoms with E-state index in [9.17, 15) is 10.1 Å². The molecule has 0 aliphatic carbocycles. The van der Waals surface area contributed by atoms with Gasteiger partial charge >= 0.3 is 5.97 Å². The molecule has 1 aromatic rings. The first-order valence-electron chi connectivity index (χ1n) is 6.82. The highest BCUT2D eigenvalue weighted by Crippen LogP contribution is 2.40. The number of nitriles is 1. The molecule has 2 N–H and O–H groups in total. The highest BCUT2D eigenvalue weighted by atomic mass is 79.9. The van der Waals surface area contributed by atoms with E-state index in [1.165, 1.54) is 0 Å². The number of nitrogens with two attached hydrogens (primary N) is 1. The van der Waals surface area contributed by atoms with E-state index in [1.807, 2.05) is 18.2 Å². The Morgan fingerprint density at radius 1 is 1.48 bits per heavy atom. The maximum Gasteiger partial charge on any atom is 0.338 e. The molecule has 0 amide bonds. The quantitative estimate of drug-likeness (QED) is 0.622. The van der Waals surface area contributed by atoms with Gasteiger partial charge in [-0.05, 0) is 24.6 Å². The van der Waals surface area contributed by atoms with Crippen molar-refractivity contribution in [2.45, 2.75) is 12.8 Å². The van der Waals surface area contributed by atoms with Crippen LogP contribution >= 0.6 is 27.5 Å². The molecule has 0 aromatic heterocycles. The second-order valence-corrected chi connectivity index (χ2v) is 5.85. The number of esters is 1. The number of carbonyl (C=O) groups excluding carboxylic acids is 1. The van der Waals surface area contributed by atoms with Crippen molar-refractivity contribution in [2.75, 3.05) is 12.5 Å². The number of nitrogens with zero attached hydrogens (tertiary/aromatic N) is 1. The smallest absolute Gasteiger partial charge is 0.338 e. The Morgan fingerprint density at radius 2 is 2.13 bits per heavy atom. The summed E-state index contributed by atoms with van der Waals surface area (Å²) < 4.78 is 11.3. The highest BCUT2D eigenvalue weighted by Gasteiger charge is 2.37. The molecule has 0 unspecified atom stereocenters. The molecule has 0 spiro atoms. The van der Waals surface area contributed by atoms with Crippen LogP contribution in [0, 0.1) is 11.3 Å². The lowest BCUT2D eigenvalue weighted by atomic mass is 9.83. The van der Waals surface area contributed by atoms with Crippen molar-refractivity contribution in [3.05, 3.63) is 57.1 Å². The van der Waals surface area contributed by atoms with Crippen molar-refractivity contribution >= 4 is 33.5 Å². The highest BCUT2D eigenvalue weighted by molar-refractivity contribution is 9.10.